The smallest absolute Gasteiger partial charge is 0.253 e. The van der Waals surface area contributed by atoms with Crippen molar-refractivity contribution in [2.75, 3.05) is 52.5 Å². The molecule has 1 saturated heterocycles. The second-order valence-corrected chi connectivity index (χ2v) is 6.61. The van der Waals surface area contributed by atoms with Crippen LogP contribution in [0.4, 0.5) is 0 Å². The number of nitrogens with zero attached hydrogens (tertiary/aromatic N) is 3. The molecule has 28 heavy (non-hydrogen) atoms. The van der Waals surface area contributed by atoms with Crippen LogP contribution in [0.2, 0.25) is 0 Å². The zero-order valence-electron chi connectivity index (χ0n) is 17.0. The average molecular weight is 503 g/mol. The first-order chi connectivity index (χ1) is 13.1. The largest absolute Gasteiger partial charge is 0.379 e. The molecule has 1 aromatic rings. The van der Waals surface area contributed by atoms with Crippen LogP contribution in [0.1, 0.15) is 36.2 Å². The quantitative estimate of drug-likeness (QED) is 0.233. The molecule has 0 radical (unpaired) electrons. The molecule has 1 heterocycles. The van der Waals surface area contributed by atoms with E-state index in [0.717, 1.165) is 64.5 Å². The highest BCUT2D eigenvalue weighted by molar-refractivity contribution is 14.0. The first kappa shape index (κ1) is 24.6. The van der Waals surface area contributed by atoms with Crippen LogP contribution in [-0.2, 0) is 11.3 Å². The number of hydrogen-bond acceptors (Lipinski definition) is 4. The number of halogens is 1. The van der Waals surface area contributed by atoms with E-state index in [-0.39, 0.29) is 29.9 Å². The van der Waals surface area contributed by atoms with E-state index in [1.54, 1.807) is 0 Å². The van der Waals surface area contributed by atoms with Gasteiger partial charge in [0.2, 0.25) is 0 Å². The van der Waals surface area contributed by atoms with Crippen molar-refractivity contribution in [1.82, 2.24) is 15.1 Å². The SMILES string of the molecule is CCN(CC)C(=O)c1ccc(CN=C(N)NCCCN2CCOCC2)cc1.I. The minimum Gasteiger partial charge on any atom is -0.379 e. The molecule has 2 rings (SSSR count). The highest BCUT2D eigenvalue weighted by Gasteiger charge is 2.12. The van der Waals surface area contributed by atoms with E-state index in [9.17, 15) is 4.79 Å². The van der Waals surface area contributed by atoms with Crippen molar-refractivity contribution in [3.63, 3.8) is 0 Å². The number of morpholine rings is 1. The van der Waals surface area contributed by atoms with Crippen LogP contribution in [-0.4, -0.2) is 74.1 Å². The molecular formula is C20H34IN5O2. The molecule has 0 saturated carbocycles. The molecule has 3 N–H and O–H groups in total. The van der Waals surface area contributed by atoms with E-state index < -0.39 is 0 Å². The van der Waals surface area contributed by atoms with Crippen LogP contribution in [0.3, 0.4) is 0 Å². The maximum Gasteiger partial charge on any atom is 0.253 e. The highest BCUT2D eigenvalue weighted by atomic mass is 127. The molecule has 0 spiro atoms. The third-order valence-corrected chi connectivity index (χ3v) is 4.74. The molecule has 0 aliphatic carbocycles. The number of carbonyl (C=O) groups excluding carboxylic acids is 1. The standard InChI is InChI=1S/C20H33N5O2.HI/c1-3-25(4-2)19(26)18-8-6-17(7-9-18)16-23-20(21)22-10-5-11-24-12-14-27-15-13-24;/h6-9H,3-5,10-16H2,1-2H3,(H3,21,22,23);1H. The van der Waals surface area contributed by atoms with E-state index in [0.29, 0.717) is 18.1 Å². The van der Waals surface area contributed by atoms with E-state index in [1.165, 1.54) is 0 Å². The van der Waals surface area contributed by atoms with Gasteiger partial charge in [-0.05, 0) is 44.5 Å². The summed E-state index contributed by atoms with van der Waals surface area (Å²) in [4.78, 5) is 20.9. The van der Waals surface area contributed by atoms with Crippen molar-refractivity contribution in [2.45, 2.75) is 26.8 Å². The molecule has 0 bridgehead atoms. The maximum atomic E-state index is 12.3. The maximum absolute atomic E-state index is 12.3. The first-order valence-corrected chi connectivity index (χ1v) is 9.86. The molecule has 1 amide bonds. The molecule has 8 heteroatoms. The number of ether oxygens (including phenoxy) is 1. The molecule has 158 valence electrons. The molecule has 7 nitrogen and oxygen atoms in total. The van der Waals surface area contributed by atoms with E-state index in [4.69, 9.17) is 10.5 Å². The van der Waals surface area contributed by atoms with Crippen molar-refractivity contribution in [2.24, 2.45) is 10.7 Å². The lowest BCUT2D eigenvalue weighted by atomic mass is 10.1. The molecule has 1 aromatic carbocycles. The van der Waals surface area contributed by atoms with Gasteiger partial charge in [0.15, 0.2) is 5.96 Å². The Labute approximate surface area is 185 Å². The third-order valence-electron chi connectivity index (χ3n) is 4.74. The monoisotopic (exact) mass is 503 g/mol. The molecule has 0 atom stereocenters. The van der Waals surface area contributed by atoms with Crippen LogP contribution in [0.5, 0.6) is 0 Å². The van der Waals surface area contributed by atoms with Gasteiger partial charge in [-0.15, -0.1) is 24.0 Å². The van der Waals surface area contributed by atoms with Crippen molar-refractivity contribution in [3.05, 3.63) is 35.4 Å². The van der Waals surface area contributed by atoms with Crippen molar-refractivity contribution in [1.29, 1.82) is 0 Å². The van der Waals surface area contributed by atoms with E-state index in [1.807, 2.05) is 43.0 Å². The summed E-state index contributed by atoms with van der Waals surface area (Å²) in [6.07, 6.45) is 1.03. The summed E-state index contributed by atoms with van der Waals surface area (Å²) in [6.45, 7) is 11.4. The average Bonchev–Trinajstić information content (AvgIpc) is 2.71. The van der Waals surface area contributed by atoms with Gasteiger partial charge in [0.05, 0.1) is 19.8 Å². The Kier molecular flexibility index (Phi) is 12.1. The minimum absolute atomic E-state index is 0. The molecule has 0 aromatic heterocycles. The van der Waals surface area contributed by atoms with Gasteiger partial charge in [-0.25, -0.2) is 4.99 Å². The van der Waals surface area contributed by atoms with Gasteiger partial charge in [-0.3, -0.25) is 9.69 Å². The lowest BCUT2D eigenvalue weighted by Gasteiger charge is -2.26. The van der Waals surface area contributed by atoms with Gasteiger partial charge in [-0.2, -0.15) is 0 Å². The van der Waals surface area contributed by atoms with Gasteiger partial charge in [-0.1, -0.05) is 12.1 Å². The summed E-state index contributed by atoms with van der Waals surface area (Å²) in [5.41, 5.74) is 7.68. The van der Waals surface area contributed by atoms with Crippen LogP contribution in [0, 0.1) is 0 Å². The van der Waals surface area contributed by atoms with Crippen molar-refractivity contribution < 1.29 is 9.53 Å². The highest BCUT2D eigenvalue weighted by Crippen LogP contribution is 2.09. The van der Waals surface area contributed by atoms with Gasteiger partial charge in [0.25, 0.3) is 5.91 Å². The summed E-state index contributed by atoms with van der Waals surface area (Å²) in [5, 5.41) is 3.16. The number of benzene rings is 1. The number of carbonyl (C=O) groups is 1. The van der Waals surface area contributed by atoms with Crippen molar-refractivity contribution in [3.8, 4) is 0 Å². The summed E-state index contributed by atoms with van der Waals surface area (Å²) in [7, 11) is 0. The molecule has 0 unspecified atom stereocenters. The first-order valence-electron chi connectivity index (χ1n) is 9.86. The Bertz CT molecular complexity index is 599. The van der Waals surface area contributed by atoms with Gasteiger partial charge in [0.1, 0.15) is 0 Å². The topological polar surface area (TPSA) is 83.2 Å². The third kappa shape index (κ3) is 8.32. The predicted octanol–water partition coefficient (Wildman–Crippen LogP) is 1.91. The number of guanidine groups is 1. The summed E-state index contributed by atoms with van der Waals surface area (Å²) in [5.74, 6) is 0.525. The second-order valence-electron chi connectivity index (χ2n) is 6.61. The lowest BCUT2D eigenvalue weighted by molar-refractivity contribution is 0.0376. The molecule has 1 aliphatic heterocycles. The number of nitrogens with two attached hydrogens (primary N) is 1. The van der Waals surface area contributed by atoms with Gasteiger partial charge in [0, 0.05) is 38.3 Å². The molecule has 1 aliphatic rings. The summed E-state index contributed by atoms with van der Waals surface area (Å²) in [6, 6.07) is 7.59. The number of nitrogens with one attached hydrogen (secondary N) is 1. The van der Waals surface area contributed by atoms with Gasteiger partial charge < -0.3 is 20.7 Å². The predicted molar refractivity (Wildman–Crippen MR) is 124 cm³/mol. The number of aliphatic imine (C=N–C) groups is 1. The normalized spacial score (nSPS) is 15.0. The summed E-state index contributed by atoms with van der Waals surface area (Å²) >= 11 is 0. The van der Waals surface area contributed by atoms with Crippen LogP contribution >= 0.6 is 24.0 Å². The zero-order valence-corrected chi connectivity index (χ0v) is 19.4. The van der Waals surface area contributed by atoms with Crippen LogP contribution in [0.25, 0.3) is 0 Å². The lowest BCUT2D eigenvalue weighted by Crippen LogP contribution is -2.39. The number of rotatable bonds is 9. The summed E-state index contributed by atoms with van der Waals surface area (Å²) < 4.78 is 5.34. The Balaban J connectivity index is 0.00000392. The number of hydrogen-bond donors (Lipinski definition) is 2. The fraction of sp³-hybridized carbons (Fsp3) is 0.600. The Morgan fingerprint density at radius 1 is 1.21 bits per heavy atom. The second kappa shape index (κ2) is 13.7. The Morgan fingerprint density at radius 2 is 1.86 bits per heavy atom. The van der Waals surface area contributed by atoms with Gasteiger partial charge >= 0.3 is 0 Å². The number of amides is 1. The molecular weight excluding hydrogens is 469 g/mol. The van der Waals surface area contributed by atoms with Crippen LogP contribution in [0.15, 0.2) is 29.3 Å². The minimum atomic E-state index is 0. The Hall–Kier alpha value is -1.39. The zero-order chi connectivity index (χ0) is 19.5. The van der Waals surface area contributed by atoms with Crippen LogP contribution < -0.4 is 11.1 Å². The van der Waals surface area contributed by atoms with Crippen molar-refractivity contribution >= 4 is 35.8 Å². The molecule has 1 fully saturated rings. The Morgan fingerprint density at radius 3 is 2.46 bits per heavy atom. The fourth-order valence-electron chi connectivity index (χ4n) is 3.02. The fourth-order valence-corrected chi connectivity index (χ4v) is 3.02. The van der Waals surface area contributed by atoms with E-state index in [2.05, 4.69) is 15.2 Å². The van der Waals surface area contributed by atoms with E-state index >= 15 is 0 Å².